The highest BCUT2D eigenvalue weighted by atomic mass is 16.2. The van der Waals surface area contributed by atoms with E-state index in [-0.39, 0.29) is 11.9 Å². The zero-order valence-electron chi connectivity index (χ0n) is 18.9. The van der Waals surface area contributed by atoms with Gasteiger partial charge in [-0.2, -0.15) is 0 Å². The summed E-state index contributed by atoms with van der Waals surface area (Å²) in [6.45, 7) is 7.32. The molecule has 1 aliphatic rings. The summed E-state index contributed by atoms with van der Waals surface area (Å²) < 4.78 is 0. The molecule has 0 radical (unpaired) electrons. The van der Waals surface area contributed by atoms with Crippen molar-refractivity contribution in [1.82, 2.24) is 20.1 Å². The smallest absolute Gasteiger partial charge is 0.317 e. The molecule has 6 nitrogen and oxygen atoms in total. The van der Waals surface area contributed by atoms with Gasteiger partial charge in [-0.1, -0.05) is 30.3 Å². The molecule has 1 fully saturated rings. The minimum Gasteiger partial charge on any atom is -0.358 e. The molecule has 6 heteroatoms. The number of nitrogens with zero attached hydrogens (tertiary/aromatic N) is 2. The number of likely N-dealkylation sites (tertiary alicyclic amines) is 1. The van der Waals surface area contributed by atoms with Crippen LogP contribution in [0.1, 0.15) is 54.2 Å². The Morgan fingerprint density at radius 1 is 1.03 bits per heavy atom. The molecule has 0 bridgehead atoms. The number of hydrogen-bond acceptors (Lipinski definition) is 2. The van der Waals surface area contributed by atoms with E-state index in [1.54, 1.807) is 4.90 Å². The summed E-state index contributed by atoms with van der Waals surface area (Å²) in [6.07, 6.45) is 1.92. The van der Waals surface area contributed by atoms with Crippen LogP contribution in [0.25, 0.3) is 10.9 Å². The second-order valence-electron chi connectivity index (χ2n) is 8.41. The zero-order valence-corrected chi connectivity index (χ0v) is 18.9. The SMILES string of the molecule is CCN(CC)C(=O)c1ccc(CNC(=O)N2CCC(c3cc4ccccc4[nH]3)CC2)cc1. The number of carbonyl (C=O) groups excluding carboxylic acids is 2. The lowest BCUT2D eigenvalue weighted by molar-refractivity contribution is 0.0773. The first-order chi connectivity index (χ1) is 15.6. The third-order valence-electron chi connectivity index (χ3n) is 6.47. The Morgan fingerprint density at radius 3 is 2.38 bits per heavy atom. The van der Waals surface area contributed by atoms with E-state index in [4.69, 9.17) is 0 Å². The van der Waals surface area contributed by atoms with Crippen molar-refractivity contribution < 1.29 is 9.59 Å². The third kappa shape index (κ3) is 4.79. The van der Waals surface area contributed by atoms with Gasteiger partial charge in [0.1, 0.15) is 0 Å². The second kappa shape index (κ2) is 9.90. The molecule has 2 aromatic carbocycles. The van der Waals surface area contributed by atoms with Crippen molar-refractivity contribution in [3.05, 3.63) is 71.4 Å². The van der Waals surface area contributed by atoms with Gasteiger partial charge in [0, 0.05) is 55.4 Å². The van der Waals surface area contributed by atoms with E-state index in [1.807, 2.05) is 49.1 Å². The highest BCUT2D eigenvalue weighted by molar-refractivity contribution is 5.94. The number of nitrogens with one attached hydrogen (secondary N) is 2. The van der Waals surface area contributed by atoms with E-state index in [0.717, 1.165) is 31.5 Å². The number of amides is 3. The molecule has 1 aromatic heterocycles. The average Bonchev–Trinajstić information content (AvgIpc) is 3.28. The number of piperidine rings is 1. The molecule has 3 amide bonds. The van der Waals surface area contributed by atoms with Gasteiger partial charge in [0.2, 0.25) is 0 Å². The van der Waals surface area contributed by atoms with Gasteiger partial charge < -0.3 is 20.1 Å². The van der Waals surface area contributed by atoms with Crippen molar-refractivity contribution >= 4 is 22.8 Å². The fourth-order valence-electron chi connectivity index (χ4n) is 4.46. The summed E-state index contributed by atoms with van der Waals surface area (Å²) in [5.41, 5.74) is 4.11. The van der Waals surface area contributed by atoms with E-state index in [1.165, 1.54) is 16.6 Å². The van der Waals surface area contributed by atoms with E-state index < -0.39 is 0 Å². The van der Waals surface area contributed by atoms with E-state index in [0.29, 0.717) is 31.1 Å². The number of para-hydroxylation sites is 1. The summed E-state index contributed by atoms with van der Waals surface area (Å²) in [6, 6.07) is 18.1. The van der Waals surface area contributed by atoms with Gasteiger partial charge in [0.05, 0.1) is 0 Å². The molecule has 0 saturated carbocycles. The van der Waals surface area contributed by atoms with Crippen molar-refractivity contribution in [2.24, 2.45) is 0 Å². The topological polar surface area (TPSA) is 68.4 Å². The maximum absolute atomic E-state index is 12.6. The number of rotatable bonds is 6. The Morgan fingerprint density at radius 2 is 1.72 bits per heavy atom. The lowest BCUT2D eigenvalue weighted by Crippen LogP contribution is -2.43. The van der Waals surface area contributed by atoms with Crippen LogP contribution >= 0.6 is 0 Å². The molecule has 0 aliphatic carbocycles. The summed E-state index contributed by atoms with van der Waals surface area (Å²) in [5.74, 6) is 0.505. The van der Waals surface area contributed by atoms with Gasteiger partial charge in [-0.3, -0.25) is 4.79 Å². The Hall–Kier alpha value is -3.28. The van der Waals surface area contributed by atoms with Gasteiger partial charge >= 0.3 is 6.03 Å². The fourth-order valence-corrected chi connectivity index (χ4v) is 4.46. The first-order valence-electron chi connectivity index (χ1n) is 11.6. The minimum atomic E-state index is -0.0246. The van der Waals surface area contributed by atoms with Crippen LogP contribution in [0.5, 0.6) is 0 Å². The Bertz CT molecular complexity index is 1030. The summed E-state index contributed by atoms with van der Waals surface area (Å²) in [4.78, 5) is 32.3. The molecule has 4 rings (SSSR count). The Balaban J connectivity index is 1.26. The van der Waals surface area contributed by atoms with Crippen LogP contribution in [0, 0.1) is 0 Å². The van der Waals surface area contributed by atoms with Gasteiger partial charge in [-0.15, -0.1) is 0 Å². The van der Waals surface area contributed by atoms with Crippen molar-refractivity contribution in [3.8, 4) is 0 Å². The van der Waals surface area contributed by atoms with Crippen molar-refractivity contribution in [3.63, 3.8) is 0 Å². The monoisotopic (exact) mass is 432 g/mol. The largest absolute Gasteiger partial charge is 0.358 e. The van der Waals surface area contributed by atoms with Crippen LogP contribution in [0.4, 0.5) is 4.79 Å². The van der Waals surface area contributed by atoms with E-state index >= 15 is 0 Å². The Labute approximate surface area is 189 Å². The molecule has 0 spiro atoms. The first-order valence-corrected chi connectivity index (χ1v) is 11.6. The maximum Gasteiger partial charge on any atom is 0.317 e. The molecule has 168 valence electrons. The highest BCUT2D eigenvalue weighted by Crippen LogP contribution is 2.29. The second-order valence-corrected chi connectivity index (χ2v) is 8.41. The molecular weight excluding hydrogens is 400 g/mol. The van der Waals surface area contributed by atoms with Crippen LogP contribution in [0.2, 0.25) is 0 Å². The third-order valence-corrected chi connectivity index (χ3v) is 6.47. The molecule has 1 aliphatic heterocycles. The Kier molecular flexibility index (Phi) is 6.78. The summed E-state index contributed by atoms with van der Waals surface area (Å²) in [5, 5.41) is 4.27. The van der Waals surface area contributed by atoms with Crippen LogP contribution in [0.15, 0.2) is 54.6 Å². The van der Waals surface area contributed by atoms with Crippen LogP contribution in [-0.2, 0) is 6.54 Å². The normalized spacial score (nSPS) is 14.5. The number of urea groups is 1. The predicted octanol–water partition coefficient (Wildman–Crippen LogP) is 4.74. The summed E-state index contributed by atoms with van der Waals surface area (Å²) >= 11 is 0. The molecular formula is C26H32N4O2. The lowest BCUT2D eigenvalue weighted by atomic mass is 9.94. The number of hydrogen-bond donors (Lipinski definition) is 2. The van der Waals surface area contributed by atoms with Gasteiger partial charge in [-0.25, -0.2) is 4.79 Å². The molecule has 1 saturated heterocycles. The van der Waals surface area contributed by atoms with Crippen molar-refractivity contribution in [1.29, 1.82) is 0 Å². The number of carbonyl (C=O) groups is 2. The van der Waals surface area contributed by atoms with Gasteiger partial charge in [0.25, 0.3) is 5.91 Å². The first kappa shape index (κ1) is 21.9. The van der Waals surface area contributed by atoms with Gasteiger partial charge in [-0.05, 0) is 61.9 Å². The molecule has 2 N–H and O–H groups in total. The van der Waals surface area contributed by atoms with E-state index in [2.05, 4.69) is 34.6 Å². The van der Waals surface area contributed by atoms with Crippen LogP contribution in [-0.4, -0.2) is 52.9 Å². The summed E-state index contributed by atoms with van der Waals surface area (Å²) in [7, 11) is 0. The minimum absolute atomic E-state index is 0.0246. The van der Waals surface area contributed by atoms with Crippen LogP contribution < -0.4 is 5.32 Å². The number of H-pyrrole nitrogens is 1. The maximum atomic E-state index is 12.6. The average molecular weight is 433 g/mol. The highest BCUT2D eigenvalue weighted by Gasteiger charge is 2.24. The molecule has 0 unspecified atom stereocenters. The number of aromatic amines is 1. The lowest BCUT2D eigenvalue weighted by Gasteiger charge is -2.31. The van der Waals surface area contributed by atoms with Crippen molar-refractivity contribution in [2.45, 2.75) is 39.2 Å². The zero-order chi connectivity index (χ0) is 22.5. The molecule has 0 atom stereocenters. The quantitative estimate of drug-likeness (QED) is 0.591. The molecule has 2 heterocycles. The number of aromatic nitrogens is 1. The van der Waals surface area contributed by atoms with Crippen molar-refractivity contribution in [2.75, 3.05) is 26.2 Å². The molecule has 3 aromatic rings. The van der Waals surface area contributed by atoms with Gasteiger partial charge in [0.15, 0.2) is 0 Å². The predicted molar refractivity (Wildman–Crippen MR) is 128 cm³/mol. The fraction of sp³-hybridized carbons (Fsp3) is 0.385. The molecule has 32 heavy (non-hydrogen) atoms. The van der Waals surface area contributed by atoms with Crippen LogP contribution in [0.3, 0.4) is 0 Å². The number of benzene rings is 2. The standard InChI is InChI=1S/C26H32N4O2/c1-3-29(4-2)25(31)21-11-9-19(10-12-21)18-27-26(32)30-15-13-20(14-16-30)24-17-22-7-5-6-8-23(22)28-24/h5-12,17,20,28H,3-4,13-16,18H2,1-2H3,(H,27,32). The number of fused-ring (bicyclic) bond motifs is 1. The van der Waals surface area contributed by atoms with E-state index in [9.17, 15) is 9.59 Å².